The monoisotopic (exact) mass is 364 g/mol. The Labute approximate surface area is 149 Å². The first kappa shape index (κ1) is 17.0. The summed E-state index contributed by atoms with van der Waals surface area (Å²) in [5, 5.41) is 12.3. The summed E-state index contributed by atoms with van der Waals surface area (Å²) in [6.07, 6.45) is 2.24. The van der Waals surface area contributed by atoms with Crippen molar-refractivity contribution >= 4 is 34.1 Å². The summed E-state index contributed by atoms with van der Waals surface area (Å²) in [7, 11) is 1.65. The van der Waals surface area contributed by atoms with Gasteiger partial charge in [0.1, 0.15) is 5.75 Å². The molecular weight excluding hydrogens is 344 g/mol. The van der Waals surface area contributed by atoms with Crippen LogP contribution in [0.2, 0.25) is 0 Å². The van der Waals surface area contributed by atoms with Crippen LogP contribution in [0.5, 0.6) is 5.75 Å². The number of benzene rings is 1. The van der Waals surface area contributed by atoms with Gasteiger partial charge < -0.3 is 15.0 Å². The third-order valence-electron chi connectivity index (χ3n) is 3.79. The lowest BCUT2D eigenvalue weighted by Crippen LogP contribution is -2.29. The van der Waals surface area contributed by atoms with Crippen LogP contribution in [0.1, 0.15) is 18.4 Å². The summed E-state index contributed by atoms with van der Waals surface area (Å²) in [6, 6.07) is 7.89. The maximum atomic E-state index is 12.0. The maximum Gasteiger partial charge on any atom is 0.233 e. The number of aromatic nitrogens is 2. The predicted molar refractivity (Wildman–Crippen MR) is 96.8 cm³/mol. The van der Waals surface area contributed by atoms with Crippen LogP contribution in [0.3, 0.4) is 0 Å². The number of rotatable bonds is 7. The molecule has 0 bridgehead atoms. The van der Waals surface area contributed by atoms with Gasteiger partial charge in [0.2, 0.25) is 11.0 Å². The van der Waals surface area contributed by atoms with Gasteiger partial charge in [0, 0.05) is 19.6 Å². The highest BCUT2D eigenvalue weighted by molar-refractivity contribution is 8.01. The standard InChI is InChI=1S/C16H20N4O2S2/c1-22-13-6-4-12(5-7-13)10-17-15-18-19-16(24-15)23-11-14(21)20-8-2-3-9-20/h4-7H,2-3,8-11H2,1H3,(H,17,18). The number of methoxy groups -OCH3 is 1. The second kappa shape index (κ2) is 8.34. The summed E-state index contributed by atoms with van der Waals surface area (Å²) in [6.45, 7) is 2.46. The first-order chi connectivity index (χ1) is 11.7. The Morgan fingerprint density at radius 1 is 1.29 bits per heavy atom. The lowest BCUT2D eigenvalue weighted by atomic mass is 10.2. The van der Waals surface area contributed by atoms with E-state index < -0.39 is 0 Å². The molecule has 2 aromatic rings. The van der Waals surface area contributed by atoms with E-state index in [4.69, 9.17) is 4.74 Å². The second-order valence-corrected chi connectivity index (χ2v) is 7.65. The van der Waals surface area contributed by atoms with E-state index in [1.54, 1.807) is 7.11 Å². The topological polar surface area (TPSA) is 67.3 Å². The second-order valence-electron chi connectivity index (χ2n) is 5.45. The summed E-state index contributed by atoms with van der Waals surface area (Å²) in [5.74, 6) is 1.48. The highest BCUT2D eigenvalue weighted by Gasteiger charge is 2.18. The molecule has 6 nitrogen and oxygen atoms in total. The van der Waals surface area contributed by atoms with Crippen LogP contribution in [0.4, 0.5) is 5.13 Å². The van der Waals surface area contributed by atoms with Gasteiger partial charge >= 0.3 is 0 Å². The molecule has 3 rings (SSSR count). The normalized spacial score (nSPS) is 14.0. The molecule has 24 heavy (non-hydrogen) atoms. The molecule has 0 saturated carbocycles. The SMILES string of the molecule is COc1ccc(CNc2nnc(SCC(=O)N3CCCC3)s2)cc1. The number of hydrogen-bond acceptors (Lipinski definition) is 7. The molecule has 1 fully saturated rings. The summed E-state index contributed by atoms with van der Waals surface area (Å²) in [4.78, 5) is 14.0. The summed E-state index contributed by atoms with van der Waals surface area (Å²) >= 11 is 2.94. The van der Waals surface area contributed by atoms with E-state index in [1.165, 1.54) is 23.1 Å². The molecule has 0 atom stereocenters. The highest BCUT2D eigenvalue weighted by Crippen LogP contribution is 2.26. The molecule has 1 aromatic heterocycles. The summed E-state index contributed by atoms with van der Waals surface area (Å²) in [5.41, 5.74) is 1.14. The molecule has 1 aromatic carbocycles. The molecule has 0 spiro atoms. The van der Waals surface area contributed by atoms with Crippen molar-refractivity contribution in [3.8, 4) is 5.75 Å². The van der Waals surface area contributed by atoms with Crippen LogP contribution in [-0.4, -0.2) is 47.0 Å². The number of carbonyl (C=O) groups excluding carboxylic acids is 1. The molecule has 0 aliphatic carbocycles. The number of nitrogens with zero attached hydrogens (tertiary/aromatic N) is 3. The Kier molecular flexibility index (Phi) is 5.92. The first-order valence-corrected chi connectivity index (χ1v) is 9.65. The van der Waals surface area contributed by atoms with Crippen LogP contribution in [-0.2, 0) is 11.3 Å². The number of amides is 1. The third kappa shape index (κ3) is 4.61. The van der Waals surface area contributed by atoms with Gasteiger partial charge in [0.25, 0.3) is 0 Å². The van der Waals surface area contributed by atoms with Gasteiger partial charge in [-0.3, -0.25) is 4.79 Å². The van der Waals surface area contributed by atoms with E-state index in [0.29, 0.717) is 12.3 Å². The molecule has 1 N–H and O–H groups in total. The van der Waals surface area contributed by atoms with Gasteiger partial charge in [-0.15, -0.1) is 10.2 Å². The average molecular weight is 364 g/mol. The van der Waals surface area contributed by atoms with Gasteiger partial charge in [0.05, 0.1) is 12.9 Å². The van der Waals surface area contributed by atoms with Gasteiger partial charge in [-0.2, -0.15) is 0 Å². The van der Waals surface area contributed by atoms with Crippen molar-refractivity contribution in [2.75, 3.05) is 31.3 Å². The van der Waals surface area contributed by atoms with E-state index in [2.05, 4.69) is 15.5 Å². The minimum Gasteiger partial charge on any atom is -0.497 e. The van der Waals surface area contributed by atoms with Crippen molar-refractivity contribution in [3.05, 3.63) is 29.8 Å². The zero-order chi connectivity index (χ0) is 16.8. The molecule has 2 heterocycles. The van der Waals surface area contributed by atoms with E-state index in [1.807, 2.05) is 29.2 Å². The average Bonchev–Trinajstić information content (AvgIpc) is 3.30. The zero-order valence-corrected chi connectivity index (χ0v) is 15.2. The van der Waals surface area contributed by atoms with Crippen LogP contribution in [0.25, 0.3) is 0 Å². The third-order valence-corrected chi connectivity index (χ3v) is 5.79. The predicted octanol–water partition coefficient (Wildman–Crippen LogP) is 2.87. The molecule has 0 radical (unpaired) electrons. The molecule has 1 amide bonds. The van der Waals surface area contributed by atoms with Crippen LogP contribution >= 0.6 is 23.1 Å². The molecule has 128 valence electrons. The molecule has 1 aliphatic rings. The fourth-order valence-electron chi connectivity index (χ4n) is 2.44. The molecule has 1 aliphatic heterocycles. The van der Waals surface area contributed by atoms with Crippen LogP contribution in [0.15, 0.2) is 28.6 Å². The van der Waals surface area contributed by atoms with Crippen molar-refractivity contribution < 1.29 is 9.53 Å². The van der Waals surface area contributed by atoms with Gasteiger partial charge in [0.15, 0.2) is 4.34 Å². The number of likely N-dealkylation sites (tertiary alicyclic amines) is 1. The quantitative estimate of drug-likeness (QED) is 0.762. The Morgan fingerprint density at radius 2 is 2.04 bits per heavy atom. The fraction of sp³-hybridized carbons (Fsp3) is 0.438. The lowest BCUT2D eigenvalue weighted by Gasteiger charge is -2.13. The smallest absolute Gasteiger partial charge is 0.233 e. The number of thioether (sulfide) groups is 1. The number of anilines is 1. The molecular formula is C16H20N4O2S2. The van der Waals surface area contributed by atoms with Crippen LogP contribution < -0.4 is 10.1 Å². The fourth-order valence-corrected chi connectivity index (χ4v) is 4.09. The number of nitrogens with one attached hydrogen (secondary N) is 1. The minimum atomic E-state index is 0.195. The molecule has 8 heteroatoms. The van der Waals surface area contributed by atoms with E-state index in [9.17, 15) is 4.79 Å². The number of hydrogen-bond donors (Lipinski definition) is 1. The number of carbonyl (C=O) groups is 1. The van der Waals surface area contributed by atoms with E-state index in [-0.39, 0.29) is 5.91 Å². The molecule has 1 saturated heterocycles. The van der Waals surface area contributed by atoms with Gasteiger partial charge in [-0.05, 0) is 30.5 Å². The largest absolute Gasteiger partial charge is 0.497 e. The van der Waals surface area contributed by atoms with Crippen molar-refractivity contribution in [1.29, 1.82) is 0 Å². The van der Waals surface area contributed by atoms with Crippen molar-refractivity contribution in [3.63, 3.8) is 0 Å². The molecule has 0 unspecified atom stereocenters. The summed E-state index contributed by atoms with van der Waals surface area (Å²) < 4.78 is 5.96. The highest BCUT2D eigenvalue weighted by atomic mass is 32.2. The van der Waals surface area contributed by atoms with E-state index >= 15 is 0 Å². The van der Waals surface area contributed by atoms with Crippen molar-refractivity contribution in [1.82, 2.24) is 15.1 Å². The Balaban J connectivity index is 1.45. The maximum absolute atomic E-state index is 12.0. The first-order valence-electron chi connectivity index (χ1n) is 7.85. The van der Waals surface area contributed by atoms with E-state index in [0.717, 1.165) is 46.7 Å². The Hall–Kier alpha value is -1.80. The zero-order valence-electron chi connectivity index (χ0n) is 13.5. The Bertz CT molecular complexity index is 669. The minimum absolute atomic E-state index is 0.195. The van der Waals surface area contributed by atoms with Gasteiger partial charge in [-0.25, -0.2) is 0 Å². The Morgan fingerprint density at radius 3 is 2.75 bits per heavy atom. The van der Waals surface area contributed by atoms with Crippen LogP contribution in [0, 0.1) is 0 Å². The lowest BCUT2D eigenvalue weighted by molar-refractivity contribution is -0.127. The number of ether oxygens (including phenoxy) is 1. The van der Waals surface area contributed by atoms with Crippen molar-refractivity contribution in [2.45, 2.75) is 23.7 Å². The van der Waals surface area contributed by atoms with Gasteiger partial charge in [-0.1, -0.05) is 35.2 Å². The van der Waals surface area contributed by atoms with Crippen molar-refractivity contribution in [2.24, 2.45) is 0 Å².